The van der Waals surface area contributed by atoms with Crippen LogP contribution in [0.25, 0.3) is 10.9 Å². The van der Waals surface area contributed by atoms with Gasteiger partial charge < -0.3 is 5.43 Å². The summed E-state index contributed by atoms with van der Waals surface area (Å²) in [6, 6.07) is 18.1. The Labute approximate surface area is 162 Å². The fourth-order valence-corrected chi connectivity index (χ4v) is 3.41. The van der Waals surface area contributed by atoms with Crippen molar-refractivity contribution in [3.8, 4) is 0 Å². The van der Waals surface area contributed by atoms with E-state index in [0.717, 1.165) is 28.2 Å². The van der Waals surface area contributed by atoms with Gasteiger partial charge in [-0.3, -0.25) is 0 Å². The van der Waals surface area contributed by atoms with E-state index >= 15 is 0 Å². The largest absolute Gasteiger partial charge is 0.309 e. The molecule has 0 saturated carbocycles. The van der Waals surface area contributed by atoms with Gasteiger partial charge >= 0.3 is 0 Å². The van der Waals surface area contributed by atoms with Crippen molar-refractivity contribution in [2.75, 3.05) is 6.54 Å². The molecule has 2 N–H and O–H groups in total. The Kier molecular flexibility index (Phi) is 5.57. The molecule has 5 nitrogen and oxygen atoms in total. The van der Waals surface area contributed by atoms with Crippen LogP contribution in [-0.4, -0.2) is 22.3 Å². The molecule has 0 amide bonds. The highest BCUT2D eigenvalue weighted by Gasteiger charge is 2.09. The van der Waals surface area contributed by atoms with Crippen LogP contribution in [-0.2, 0) is 0 Å². The maximum absolute atomic E-state index is 4.79. The predicted octanol–water partition coefficient (Wildman–Crippen LogP) is 4.42. The van der Waals surface area contributed by atoms with Crippen molar-refractivity contribution in [3.63, 3.8) is 0 Å². The lowest BCUT2D eigenvalue weighted by molar-refractivity contribution is 0.708. The normalized spacial score (nSPS) is 18.3. The molecule has 0 bridgehead atoms. The van der Waals surface area contributed by atoms with Crippen LogP contribution in [0.4, 0.5) is 5.82 Å². The number of benzene rings is 2. The average Bonchev–Trinajstić information content (AvgIpc) is 2.83. The Morgan fingerprint density at radius 1 is 0.889 bits per heavy atom. The quantitative estimate of drug-likeness (QED) is 0.666. The number of hydrogen-bond donors (Lipinski definition) is 2. The number of allylic oxidation sites excluding steroid dienone is 2. The first-order valence-electron chi connectivity index (χ1n) is 8.76. The molecule has 1 aromatic heterocycles. The van der Waals surface area contributed by atoms with E-state index in [2.05, 4.69) is 29.1 Å². The van der Waals surface area contributed by atoms with Gasteiger partial charge in [0.2, 0.25) is 0 Å². The van der Waals surface area contributed by atoms with Gasteiger partial charge in [0.15, 0.2) is 11.0 Å². The van der Waals surface area contributed by atoms with Crippen LogP contribution in [0.1, 0.15) is 6.42 Å². The van der Waals surface area contributed by atoms with Crippen molar-refractivity contribution < 1.29 is 0 Å². The summed E-state index contributed by atoms with van der Waals surface area (Å²) in [6.45, 7) is 0.725. The van der Waals surface area contributed by atoms with Crippen molar-refractivity contribution in [2.24, 2.45) is 4.99 Å². The molecule has 0 saturated heterocycles. The highest BCUT2D eigenvalue weighted by atomic mass is 32.2. The molecule has 134 valence electrons. The van der Waals surface area contributed by atoms with Gasteiger partial charge in [-0.1, -0.05) is 54.6 Å². The number of fused-ring (bicyclic) bond motifs is 1. The molecule has 0 radical (unpaired) electrons. The monoisotopic (exact) mass is 373 g/mol. The predicted molar refractivity (Wildman–Crippen MR) is 111 cm³/mol. The summed E-state index contributed by atoms with van der Waals surface area (Å²) in [5.41, 5.74) is 7.21. The van der Waals surface area contributed by atoms with E-state index in [1.165, 1.54) is 11.8 Å². The zero-order valence-electron chi connectivity index (χ0n) is 14.7. The second-order valence-electron chi connectivity index (χ2n) is 5.89. The van der Waals surface area contributed by atoms with E-state index in [1.54, 1.807) is 0 Å². The second kappa shape index (κ2) is 8.62. The Morgan fingerprint density at radius 3 is 2.63 bits per heavy atom. The molecule has 0 aliphatic carbocycles. The lowest BCUT2D eigenvalue weighted by atomic mass is 10.2. The molecule has 0 spiro atoms. The van der Waals surface area contributed by atoms with E-state index in [1.807, 2.05) is 60.7 Å². The SMILES string of the molecule is C1=C\CNNC(=Nc2nc(Sc3ccccc3)nc3ccccc23)C\C=C/1. The smallest absolute Gasteiger partial charge is 0.195 e. The third kappa shape index (κ3) is 4.61. The molecule has 4 rings (SSSR count). The zero-order valence-corrected chi connectivity index (χ0v) is 15.5. The molecule has 27 heavy (non-hydrogen) atoms. The third-order valence-corrected chi connectivity index (χ3v) is 4.78. The standard InChI is InChI=1S/C21H19N5S/c1-2-9-15-22-26-19(14-6-1)24-20-17-12-7-8-13-18(17)23-21(25-20)27-16-10-4-3-5-11-16/h1-13,22H,14-15H2,(H,23,24,25,26)/b6-1-,9-2-. The number of hydrogen-bond acceptors (Lipinski definition) is 5. The Morgan fingerprint density at radius 2 is 1.70 bits per heavy atom. The first-order chi connectivity index (χ1) is 13.4. The number of nitrogens with one attached hydrogen (secondary N) is 2. The molecular formula is C21H19N5S. The zero-order chi connectivity index (χ0) is 18.3. The molecule has 1 aliphatic rings. The number of aliphatic imine (C=N–C) groups is 1. The van der Waals surface area contributed by atoms with Crippen molar-refractivity contribution in [1.82, 2.24) is 20.8 Å². The Hall–Kier alpha value is -2.96. The first kappa shape index (κ1) is 17.5. The molecular weight excluding hydrogens is 354 g/mol. The lowest BCUT2D eigenvalue weighted by Crippen LogP contribution is -2.36. The lowest BCUT2D eigenvalue weighted by Gasteiger charge is -2.10. The average molecular weight is 373 g/mol. The van der Waals surface area contributed by atoms with Crippen molar-refractivity contribution in [3.05, 3.63) is 78.9 Å². The minimum Gasteiger partial charge on any atom is -0.309 e. The summed E-state index contributed by atoms with van der Waals surface area (Å²) in [4.78, 5) is 15.3. The topological polar surface area (TPSA) is 62.2 Å². The van der Waals surface area contributed by atoms with Gasteiger partial charge in [0.25, 0.3) is 0 Å². The molecule has 2 heterocycles. The van der Waals surface area contributed by atoms with Gasteiger partial charge in [0.1, 0.15) is 5.84 Å². The van der Waals surface area contributed by atoms with Gasteiger partial charge in [-0.05, 0) is 36.0 Å². The first-order valence-corrected chi connectivity index (χ1v) is 9.58. The summed E-state index contributed by atoms with van der Waals surface area (Å²) in [6.07, 6.45) is 8.85. The van der Waals surface area contributed by atoms with E-state index < -0.39 is 0 Å². The van der Waals surface area contributed by atoms with Crippen LogP contribution >= 0.6 is 11.8 Å². The van der Waals surface area contributed by atoms with Gasteiger partial charge in [-0.15, -0.1) is 0 Å². The summed E-state index contributed by atoms with van der Waals surface area (Å²) in [5, 5.41) is 1.62. The number of para-hydroxylation sites is 1. The molecule has 3 aromatic rings. The fraction of sp³-hybridized carbons (Fsp3) is 0.0952. The van der Waals surface area contributed by atoms with Crippen molar-refractivity contribution in [2.45, 2.75) is 16.5 Å². The summed E-state index contributed by atoms with van der Waals surface area (Å²) >= 11 is 1.54. The van der Waals surface area contributed by atoms with Crippen LogP contribution in [0, 0.1) is 0 Å². The summed E-state index contributed by atoms with van der Waals surface area (Å²) in [7, 11) is 0. The van der Waals surface area contributed by atoms with Crippen LogP contribution in [0.5, 0.6) is 0 Å². The minimum atomic E-state index is 0.670. The Balaban J connectivity index is 1.72. The van der Waals surface area contributed by atoms with E-state index in [0.29, 0.717) is 17.4 Å². The van der Waals surface area contributed by atoms with Crippen LogP contribution < -0.4 is 10.9 Å². The van der Waals surface area contributed by atoms with E-state index in [9.17, 15) is 0 Å². The molecule has 1 aliphatic heterocycles. The van der Waals surface area contributed by atoms with Gasteiger partial charge in [-0.25, -0.2) is 20.4 Å². The fourth-order valence-electron chi connectivity index (χ4n) is 2.63. The van der Waals surface area contributed by atoms with E-state index in [-0.39, 0.29) is 0 Å². The third-order valence-electron chi connectivity index (χ3n) is 3.90. The number of amidine groups is 1. The second-order valence-corrected chi connectivity index (χ2v) is 6.93. The molecule has 2 aromatic carbocycles. The summed E-state index contributed by atoms with van der Waals surface area (Å²) < 4.78 is 0. The number of aromatic nitrogens is 2. The van der Waals surface area contributed by atoms with Crippen LogP contribution in [0.3, 0.4) is 0 Å². The van der Waals surface area contributed by atoms with Gasteiger partial charge in [0.05, 0.1) is 5.52 Å². The number of hydrazine groups is 1. The maximum Gasteiger partial charge on any atom is 0.195 e. The molecule has 0 unspecified atom stereocenters. The molecule has 0 fully saturated rings. The van der Waals surface area contributed by atoms with Gasteiger partial charge in [-0.2, -0.15) is 0 Å². The minimum absolute atomic E-state index is 0.670. The number of nitrogens with zero attached hydrogens (tertiary/aromatic N) is 3. The highest BCUT2D eigenvalue weighted by molar-refractivity contribution is 7.99. The Bertz CT molecular complexity index is 1010. The maximum atomic E-state index is 4.79. The van der Waals surface area contributed by atoms with Crippen molar-refractivity contribution in [1.29, 1.82) is 0 Å². The summed E-state index contributed by atoms with van der Waals surface area (Å²) in [5.74, 6) is 1.48. The van der Waals surface area contributed by atoms with Crippen LogP contribution in [0.15, 0.2) is 93.9 Å². The highest BCUT2D eigenvalue weighted by Crippen LogP contribution is 2.30. The number of rotatable bonds is 3. The van der Waals surface area contributed by atoms with Gasteiger partial charge in [0, 0.05) is 23.2 Å². The molecule has 6 heteroatoms. The molecule has 0 atom stereocenters. The van der Waals surface area contributed by atoms with Crippen molar-refractivity contribution >= 4 is 34.3 Å². The van der Waals surface area contributed by atoms with Crippen LogP contribution in [0.2, 0.25) is 0 Å². The van der Waals surface area contributed by atoms with E-state index in [4.69, 9.17) is 15.0 Å².